The quantitative estimate of drug-likeness (QED) is 0.722. The van der Waals surface area contributed by atoms with Crippen molar-refractivity contribution in [2.24, 2.45) is 5.92 Å². The maximum atomic E-state index is 5.89. The lowest BCUT2D eigenvalue weighted by atomic mass is 9.99. The Morgan fingerprint density at radius 1 is 0.957 bits per heavy atom. The molecule has 0 aliphatic carbocycles. The van der Waals surface area contributed by atoms with Gasteiger partial charge >= 0.3 is 0 Å². The third-order valence-electron chi connectivity index (χ3n) is 4.66. The smallest absolute Gasteiger partial charge is 0.127 e. The van der Waals surface area contributed by atoms with Crippen LogP contribution in [-0.4, -0.2) is 44.4 Å². The van der Waals surface area contributed by atoms with Gasteiger partial charge in [-0.3, -0.25) is 0 Å². The van der Waals surface area contributed by atoms with E-state index in [2.05, 4.69) is 36.1 Å². The molecular weight excluding hydrogens is 286 g/mol. The van der Waals surface area contributed by atoms with Crippen molar-refractivity contribution in [2.45, 2.75) is 19.8 Å². The van der Waals surface area contributed by atoms with E-state index in [1.54, 1.807) is 0 Å². The van der Waals surface area contributed by atoms with Crippen LogP contribution in [0.1, 0.15) is 19.8 Å². The highest BCUT2D eigenvalue weighted by Crippen LogP contribution is 2.24. The second-order valence-corrected chi connectivity index (χ2v) is 6.46. The highest BCUT2D eigenvalue weighted by atomic mass is 16.5. The summed E-state index contributed by atoms with van der Waals surface area (Å²) in [5, 5.41) is 2.38. The molecule has 23 heavy (non-hydrogen) atoms. The maximum Gasteiger partial charge on any atom is 0.127 e. The predicted octanol–water partition coefficient (Wildman–Crippen LogP) is 3.97. The molecule has 0 bridgehead atoms. The van der Waals surface area contributed by atoms with Crippen LogP contribution < -0.4 is 4.74 Å². The van der Waals surface area contributed by atoms with E-state index >= 15 is 0 Å². The van der Waals surface area contributed by atoms with Crippen molar-refractivity contribution in [2.75, 3.05) is 39.5 Å². The van der Waals surface area contributed by atoms with Crippen molar-refractivity contribution in [3.05, 3.63) is 42.5 Å². The van der Waals surface area contributed by atoms with Crippen molar-refractivity contribution >= 4 is 10.8 Å². The van der Waals surface area contributed by atoms with E-state index in [9.17, 15) is 0 Å². The summed E-state index contributed by atoms with van der Waals surface area (Å²) in [5.74, 6) is 1.83. The fourth-order valence-electron chi connectivity index (χ4n) is 3.11. The molecule has 0 atom stereocenters. The second-order valence-electron chi connectivity index (χ2n) is 6.46. The lowest BCUT2D eigenvalue weighted by molar-refractivity contribution is 0.0712. The molecule has 1 saturated heterocycles. The molecule has 1 heterocycles. The zero-order valence-electron chi connectivity index (χ0n) is 14.0. The highest BCUT2D eigenvalue weighted by Gasteiger charge is 2.14. The van der Waals surface area contributed by atoms with Crippen LogP contribution in [0.2, 0.25) is 0 Å². The van der Waals surface area contributed by atoms with Gasteiger partial charge in [0.1, 0.15) is 12.4 Å². The van der Waals surface area contributed by atoms with Gasteiger partial charge < -0.3 is 14.4 Å². The minimum absolute atomic E-state index is 0.602. The van der Waals surface area contributed by atoms with Gasteiger partial charge in [0.15, 0.2) is 0 Å². The summed E-state index contributed by atoms with van der Waals surface area (Å²) in [4.78, 5) is 2.51. The Kier molecular flexibility index (Phi) is 5.89. The number of nitrogens with zero attached hydrogens (tertiary/aromatic N) is 1. The molecule has 2 aromatic rings. The molecule has 0 unspecified atom stereocenters. The Morgan fingerprint density at radius 3 is 2.61 bits per heavy atom. The number of hydrogen-bond donors (Lipinski definition) is 0. The Morgan fingerprint density at radius 2 is 1.74 bits per heavy atom. The summed E-state index contributed by atoms with van der Waals surface area (Å²) in [6, 6.07) is 14.5. The van der Waals surface area contributed by atoms with E-state index in [-0.39, 0.29) is 0 Å². The van der Waals surface area contributed by atoms with Crippen molar-refractivity contribution in [3.63, 3.8) is 0 Å². The number of benzene rings is 2. The van der Waals surface area contributed by atoms with E-state index in [1.807, 2.05) is 18.2 Å². The first-order valence-corrected chi connectivity index (χ1v) is 8.73. The van der Waals surface area contributed by atoms with Crippen molar-refractivity contribution in [3.8, 4) is 5.75 Å². The average Bonchev–Trinajstić information content (AvgIpc) is 2.59. The van der Waals surface area contributed by atoms with Crippen LogP contribution in [-0.2, 0) is 4.74 Å². The summed E-state index contributed by atoms with van der Waals surface area (Å²) >= 11 is 0. The zero-order valence-corrected chi connectivity index (χ0v) is 14.0. The van der Waals surface area contributed by atoms with E-state index in [1.165, 1.54) is 31.3 Å². The molecule has 124 valence electrons. The van der Waals surface area contributed by atoms with Crippen LogP contribution in [0, 0.1) is 5.92 Å². The fraction of sp³-hybridized carbons (Fsp3) is 0.500. The molecule has 3 heteroatoms. The van der Waals surface area contributed by atoms with E-state index in [0.717, 1.165) is 30.2 Å². The lowest BCUT2D eigenvalue weighted by Gasteiger charge is -2.29. The molecular formula is C20H27NO2. The number of rotatable bonds is 7. The van der Waals surface area contributed by atoms with Crippen LogP contribution in [0.25, 0.3) is 10.8 Å². The van der Waals surface area contributed by atoms with Crippen LogP contribution >= 0.6 is 0 Å². The van der Waals surface area contributed by atoms with Crippen LogP contribution in [0.5, 0.6) is 5.75 Å². The maximum absolute atomic E-state index is 5.89. The lowest BCUT2D eigenvalue weighted by Crippen LogP contribution is -2.35. The van der Waals surface area contributed by atoms with Gasteiger partial charge in [-0.15, -0.1) is 0 Å². The van der Waals surface area contributed by atoms with Crippen LogP contribution in [0.3, 0.4) is 0 Å². The minimum atomic E-state index is 0.602. The number of ether oxygens (including phenoxy) is 2. The number of likely N-dealkylation sites (tertiary alicyclic amines) is 1. The predicted molar refractivity (Wildman–Crippen MR) is 95.1 cm³/mol. The molecule has 0 saturated carbocycles. The topological polar surface area (TPSA) is 21.7 Å². The van der Waals surface area contributed by atoms with Gasteiger partial charge in [-0.05, 0) is 43.3 Å². The van der Waals surface area contributed by atoms with Crippen molar-refractivity contribution < 1.29 is 9.47 Å². The van der Waals surface area contributed by atoms with Gasteiger partial charge in [0.05, 0.1) is 13.2 Å². The normalized spacial score (nSPS) is 16.7. The third kappa shape index (κ3) is 4.69. The first-order chi connectivity index (χ1) is 11.3. The number of piperidine rings is 1. The van der Waals surface area contributed by atoms with Crippen LogP contribution in [0.15, 0.2) is 42.5 Å². The number of fused-ring (bicyclic) bond motifs is 1. The Balaban J connectivity index is 1.35. The van der Waals surface area contributed by atoms with Gasteiger partial charge in [0.25, 0.3) is 0 Å². The SMILES string of the molecule is CC1CCN(CCOCCOc2cccc3ccccc23)CC1. The third-order valence-corrected chi connectivity index (χ3v) is 4.66. The average molecular weight is 313 g/mol. The molecule has 0 aromatic heterocycles. The monoisotopic (exact) mass is 313 g/mol. The first kappa shape index (κ1) is 16.3. The molecule has 1 aliphatic rings. The summed E-state index contributed by atoms with van der Waals surface area (Å²) < 4.78 is 11.6. The van der Waals surface area contributed by atoms with Gasteiger partial charge in [-0.1, -0.05) is 43.3 Å². The largest absolute Gasteiger partial charge is 0.491 e. The summed E-state index contributed by atoms with van der Waals surface area (Å²) in [5.41, 5.74) is 0. The van der Waals surface area contributed by atoms with Crippen molar-refractivity contribution in [1.82, 2.24) is 4.90 Å². The number of hydrogen-bond acceptors (Lipinski definition) is 3. The van der Waals surface area contributed by atoms with Crippen molar-refractivity contribution in [1.29, 1.82) is 0 Å². The zero-order chi connectivity index (χ0) is 15.9. The molecule has 0 radical (unpaired) electrons. The molecule has 2 aromatic carbocycles. The minimum Gasteiger partial charge on any atom is -0.491 e. The van der Waals surface area contributed by atoms with Gasteiger partial charge in [0, 0.05) is 11.9 Å². The molecule has 1 aliphatic heterocycles. The molecule has 0 spiro atoms. The van der Waals surface area contributed by atoms with Gasteiger partial charge in [-0.2, -0.15) is 0 Å². The standard InChI is InChI=1S/C20H27NO2/c1-17-9-11-21(12-10-17)13-14-22-15-16-23-20-8-4-6-18-5-2-3-7-19(18)20/h2-8,17H,9-16H2,1H3. The molecule has 1 fully saturated rings. The second kappa shape index (κ2) is 8.32. The van der Waals surface area contributed by atoms with Crippen LogP contribution in [0.4, 0.5) is 0 Å². The Labute approximate surface area is 139 Å². The highest BCUT2D eigenvalue weighted by molar-refractivity contribution is 5.88. The van der Waals surface area contributed by atoms with Gasteiger partial charge in [0.2, 0.25) is 0 Å². The van der Waals surface area contributed by atoms with E-state index in [0.29, 0.717) is 13.2 Å². The first-order valence-electron chi connectivity index (χ1n) is 8.73. The molecule has 0 amide bonds. The van der Waals surface area contributed by atoms with Gasteiger partial charge in [-0.25, -0.2) is 0 Å². The fourth-order valence-corrected chi connectivity index (χ4v) is 3.11. The van der Waals surface area contributed by atoms with E-state index in [4.69, 9.17) is 9.47 Å². The Bertz CT molecular complexity index is 600. The molecule has 3 rings (SSSR count). The molecule has 0 N–H and O–H groups in total. The van der Waals surface area contributed by atoms with E-state index < -0.39 is 0 Å². The molecule has 3 nitrogen and oxygen atoms in total. The summed E-state index contributed by atoms with van der Waals surface area (Å²) in [7, 11) is 0. The summed E-state index contributed by atoms with van der Waals surface area (Å²) in [6.45, 7) is 7.87. The summed E-state index contributed by atoms with van der Waals surface area (Å²) in [6.07, 6.45) is 2.65. The Hall–Kier alpha value is -1.58.